The summed E-state index contributed by atoms with van der Waals surface area (Å²) in [5.41, 5.74) is 14.5. The first kappa shape index (κ1) is 21.1. The largest absolute Gasteiger partial charge is 0.489 e. The number of hydrogen-bond acceptors (Lipinski definition) is 4. The number of rotatable bonds is 8. The number of benzene rings is 2. The van der Waals surface area contributed by atoms with Gasteiger partial charge in [0.15, 0.2) is 0 Å². The Kier molecular flexibility index (Phi) is 7.72. The van der Waals surface area contributed by atoms with Crippen LogP contribution < -0.4 is 10.1 Å². The van der Waals surface area contributed by atoms with E-state index in [1.165, 1.54) is 12.7 Å². The SMILES string of the molecule is CCc1cc(CN=[N+]=[N-])c(OCc2c(CC)cccc2NC(=O)OC)cc1C. The number of carbonyl (C=O) groups is 1. The highest BCUT2D eigenvalue weighted by Gasteiger charge is 2.13. The molecule has 0 atom stereocenters. The summed E-state index contributed by atoms with van der Waals surface area (Å²) in [6, 6.07) is 9.72. The summed E-state index contributed by atoms with van der Waals surface area (Å²) in [6.07, 6.45) is 1.16. The number of nitrogens with one attached hydrogen (secondary N) is 1. The van der Waals surface area contributed by atoms with Gasteiger partial charge in [-0.15, -0.1) is 0 Å². The molecule has 1 N–H and O–H groups in total. The van der Waals surface area contributed by atoms with E-state index in [-0.39, 0.29) is 13.2 Å². The van der Waals surface area contributed by atoms with Crippen LogP contribution >= 0.6 is 0 Å². The molecule has 148 valence electrons. The topological polar surface area (TPSA) is 96.3 Å². The van der Waals surface area contributed by atoms with E-state index in [0.29, 0.717) is 11.4 Å². The van der Waals surface area contributed by atoms with Crippen LogP contribution in [0.1, 0.15) is 41.7 Å². The molecule has 0 bridgehead atoms. The van der Waals surface area contributed by atoms with E-state index in [0.717, 1.165) is 35.1 Å². The van der Waals surface area contributed by atoms with Crippen molar-refractivity contribution >= 4 is 11.8 Å². The number of azide groups is 1. The molecule has 0 fully saturated rings. The van der Waals surface area contributed by atoms with Crippen molar-refractivity contribution in [1.82, 2.24) is 0 Å². The second-order valence-electron chi connectivity index (χ2n) is 6.33. The molecule has 0 unspecified atom stereocenters. The molecule has 0 aromatic heterocycles. The summed E-state index contributed by atoms with van der Waals surface area (Å²) < 4.78 is 10.8. The fourth-order valence-electron chi connectivity index (χ4n) is 3.09. The second-order valence-corrected chi connectivity index (χ2v) is 6.33. The lowest BCUT2D eigenvalue weighted by atomic mass is 10.0. The molecule has 0 aliphatic heterocycles. The molecule has 2 aromatic carbocycles. The van der Waals surface area contributed by atoms with E-state index in [2.05, 4.69) is 22.3 Å². The van der Waals surface area contributed by atoms with Crippen LogP contribution in [0, 0.1) is 6.92 Å². The van der Waals surface area contributed by atoms with Crippen LogP contribution in [0.15, 0.2) is 35.4 Å². The zero-order valence-electron chi connectivity index (χ0n) is 16.8. The molecule has 0 aliphatic carbocycles. The lowest BCUT2D eigenvalue weighted by Crippen LogP contribution is -2.14. The molecule has 0 saturated heterocycles. The molecule has 0 spiro atoms. The number of ether oxygens (including phenoxy) is 2. The van der Waals surface area contributed by atoms with Gasteiger partial charge in [-0.2, -0.15) is 0 Å². The summed E-state index contributed by atoms with van der Waals surface area (Å²) in [5, 5.41) is 6.43. The van der Waals surface area contributed by atoms with Crippen molar-refractivity contribution in [2.24, 2.45) is 5.11 Å². The number of methoxy groups -OCH3 is 1. The molecule has 2 rings (SSSR count). The van der Waals surface area contributed by atoms with Crippen molar-refractivity contribution < 1.29 is 14.3 Å². The van der Waals surface area contributed by atoms with Gasteiger partial charge in [0.1, 0.15) is 12.4 Å². The van der Waals surface area contributed by atoms with Gasteiger partial charge in [0.25, 0.3) is 0 Å². The zero-order chi connectivity index (χ0) is 20.5. The van der Waals surface area contributed by atoms with E-state index in [4.69, 9.17) is 15.0 Å². The average Bonchev–Trinajstić information content (AvgIpc) is 2.71. The van der Waals surface area contributed by atoms with Crippen molar-refractivity contribution in [2.75, 3.05) is 12.4 Å². The van der Waals surface area contributed by atoms with Crippen LogP contribution in [0.25, 0.3) is 10.4 Å². The fourth-order valence-corrected chi connectivity index (χ4v) is 3.09. The van der Waals surface area contributed by atoms with Gasteiger partial charge in [-0.3, -0.25) is 5.32 Å². The highest BCUT2D eigenvalue weighted by Crippen LogP contribution is 2.28. The standard InChI is InChI=1S/C21H26N4O3/c1-5-15-8-7-9-19(24-21(26)27-4)18(15)13-28-20-10-14(3)16(6-2)11-17(20)12-23-25-22/h7-11H,5-6,12-13H2,1-4H3,(H,24,26). The third-order valence-electron chi connectivity index (χ3n) is 4.65. The van der Waals surface area contributed by atoms with E-state index < -0.39 is 6.09 Å². The van der Waals surface area contributed by atoms with Crippen molar-refractivity contribution in [3.63, 3.8) is 0 Å². The first-order valence-electron chi connectivity index (χ1n) is 9.25. The Hall–Kier alpha value is -3.18. The molecule has 28 heavy (non-hydrogen) atoms. The number of aryl methyl sites for hydroxylation is 3. The molecule has 1 amide bonds. The van der Waals surface area contributed by atoms with E-state index in [1.807, 2.05) is 44.2 Å². The molecular formula is C21H26N4O3. The number of amides is 1. The van der Waals surface area contributed by atoms with Crippen molar-refractivity contribution in [3.05, 3.63) is 68.6 Å². The third-order valence-corrected chi connectivity index (χ3v) is 4.65. The maximum atomic E-state index is 11.7. The van der Waals surface area contributed by atoms with Crippen LogP contribution in [-0.4, -0.2) is 13.2 Å². The Bertz CT molecular complexity index is 889. The monoisotopic (exact) mass is 382 g/mol. The van der Waals surface area contributed by atoms with Crippen LogP contribution in [-0.2, 0) is 30.7 Å². The Morgan fingerprint density at radius 2 is 1.93 bits per heavy atom. The van der Waals surface area contributed by atoms with Gasteiger partial charge >= 0.3 is 6.09 Å². The molecule has 0 saturated carbocycles. The summed E-state index contributed by atoms with van der Waals surface area (Å²) in [4.78, 5) is 14.5. The highest BCUT2D eigenvalue weighted by molar-refractivity contribution is 5.85. The van der Waals surface area contributed by atoms with Crippen LogP contribution in [0.5, 0.6) is 5.75 Å². The van der Waals surface area contributed by atoms with E-state index in [1.54, 1.807) is 0 Å². The number of hydrogen-bond donors (Lipinski definition) is 1. The Balaban J connectivity index is 2.36. The average molecular weight is 382 g/mol. The first-order chi connectivity index (χ1) is 13.5. The summed E-state index contributed by atoms with van der Waals surface area (Å²) >= 11 is 0. The van der Waals surface area contributed by atoms with Crippen LogP contribution in [0.3, 0.4) is 0 Å². The third kappa shape index (κ3) is 5.18. The molecule has 7 nitrogen and oxygen atoms in total. The van der Waals surface area contributed by atoms with Gasteiger partial charge in [-0.05, 0) is 54.1 Å². The predicted octanol–water partition coefficient (Wildman–Crippen LogP) is 5.69. The Morgan fingerprint density at radius 1 is 1.18 bits per heavy atom. The van der Waals surface area contributed by atoms with Crippen molar-refractivity contribution in [2.45, 2.75) is 46.8 Å². The predicted molar refractivity (Wildman–Crippen MR) is 110 cm³/mol. The smallest absolute Gasteiger partial charge is 0.411 e. The number of nitrogens with zero attached hydrogens (tertiary/aromatic N) is 3. The van der Waals surface area contributed by atoms with Crippen LogP contribution in [0.4, 0.5) is 10.5 Å². The van der Waals surface area contributed by atoms with Gasteiger partial charge in [-0.1, -0.05) is 37.2 Å². The molecule has 7 heteroatoms. The van der Waals surface area contributed by atoms with Crippen LogP contribution in [0.2, 0.25) is 0 Å². The van der Waals surface area contributed by atoms with Gasteiger partial charge in [0.05, 0.1) is 19.3 Å². The molecule has 0 heterocycles. The molecule has 0 aliphatic rings. The number of carbonyl (C=O) groups excluding carboxylic acids is 1. The van der Waals surface area contributed by atoms with Gasteiger partial charge in [0, 0.05) is 16.0 Å². The lowest BCUT2D eigenvalue weighted by Gasteiger charge is -2.18. The molecule has 2 aromatic rings. The Labute approximate surface area is 165 Å². The molecule has 0 radical (unpaired) electrons. The van der Waals surface area contributed by atoms with Gasteiger partial charge in [-0.25, -0.2) is 4.79 Å². The lowest BCUT2D eigenvalue weighted by molar-refractivity contribution is 0.187. The fraction of sp³-hybridized carbons (Fsp3) is 0.381. The summed E-state index contributed by atoms with van der Waals surface area (Å²) in [5.74, 6) is 0.678. The van der Waals surface area contributed by atoms with E-state index in [9.17, 15) is 4.79 Å². The minimum Gasteiger partial charge on any atom is -0.489 e. The molecular weight excluding hydrogens is 356 g/mol. The Morgan fingerprint density at radius 3 is 2.57 bits per heavy atom. The minimum atomic E-state index is -0.526. The normalized spacial score (nSPS) is 10.1. The zero-order valence-corrected chi connectivity index (χ0v) is 16.8. The second kappa shape index (κ2) is 10.2. The first-order valence-corrected chi connectivity index (χ1v) is 9.25. The van der Waals surface area contributed by atoms with E-state index >= 15 is 0 Å². The van der Waals surface area contributed by atoms with Crippen molar-refractivity contribution in [3.8, 4) is 5.75 Å². The summed E-state index contributed by atoms with van der Waals surface area (Å²) in [7, 11) is 1.33. The number of anilines is 1. The quantitative estimate of drug-likeness (QED) is 0.361. The maximum absolute atomic E-state index is 11.7. The van der Waals surface area contributed by atoms with Gasteiger partial charge in [0.2, 0.25) is 0 Å². The van der Waals surface area contributed by atoms with Crippen molar-refractivity contribution in [1.29, 1.82) is 0 Å². The highest BCUT2D eigenvalue weighted by atomic mass is 16.5. The van der Waals surface area contributed by atoms with Gasteiger partial charge < -0.3 is 9.47 Å². The summed E-state index contributed by atoms with van der Waals surface area (Å²) in [6.45, 7) is 6.67. The minimum absolute atomic E-state index is 0.224. The maximum Gasteiger partial charge on any atom is 0.411 e.